The highest BCUT2D eigenvalue weighted by Gasteiger charge is 2.36. The molecule has 7 nitrogen and oxygen atoms in total. The van der Waals surface area contributed by atoms with Gasteiger partial charge in [-0.15, -0.1) is 0 Å². The average Bonchev–Trinajstić information content (AvgIpc) is 2.82. The van der Waals surface area contributed by atoms with Crippen LogP contribution in [0, 0.1) is 0 Å². The Labute approximate surface area is 209 Å². The number of thioether (sulfide) groups is 1. The Bertz CT molecular complexity index is 1280. The number of carbonyl (C=O) groups is 1. The number of aromatic amines is 1. The highest BCUT2D eigenvalue weighted by Crippen LogP contribution is 2.40. The Morgan fingerprint density at radius 1 is 1.11 bits per heavy atom. The van der Waals surface area contributed by atoms with Gasteiger partial charge >= 0.3 is 5.97 Å². The van der Waals surface area contributed by atoms with Crippen LogP contribution in [0.5, 0.6) is 5.75 Å². The van der Waals surface area contributed by atoms with Crippen molar-refractivity contribution in [3.05, 3.63) is 92.9 Å². The number of hydrogen-bond donors (Lipinski definition) is 2. The lowest BCUT2D eigenvalue weighted by atomic mass is 9.82. The van der Waals surface area contributed by atoms with Crippen LogP contribution in [0.3, 0.4) is 0 Å². The predicted octanol–water partition coefficient (Wildman–Crippen LogP) is 5.24. The maximum atomic E-state index is 13.4. The number of aromatic nitrogens is 2. The largest absolute Gasteiger partial charge is 0.494 e. The number of anilines is 1. The number of ether oxygens (including phenoxy) is 2. The van der Waals surface area contributed by atoms with Crippen LogP contribution < -0.4 is 15.6 Å². The van der Waals surface area contributed by atoms with E-state index in [0.29, 0.717) is 40.2 Å². The number of esters is 1. The number of rotatable bonds is 8. The van der Waals surface area contributed by atoms with E-state index in [1.807, 2.05) is 61.5 Å². The molecule has 0 spiro atoms. The molecule has 182 valence electrons. The van der Waals surface area contributed by atoms with Gasteiger partial charge in [-0.05, 0) is 51.0 Å². The fraction of sp³-hybridized carbons (Fsp3) is 0.296. The molecular weight excluding hydrogens is 462 g/mol. The third-order valence-electron chi connectivity index (χ3n) is 5.53. The number of hydrogen-bond acceptors (Lipinski definition) is 7. The number of fused-ring (bicyclic) bond motifs is 1. The molecule has 0 fully saturated rings. The van der Waals surface area contributed by atoms with Crippen LogP contribution in [0.15, 0.2) is 75.8 Å². The molecule has 0 amide bonds. The molecule has 4 rings (SSSR count). The summed E-state index contributed by atoms with van der Waals surface area (Å²) in [5.74, 6) is 0.749. The first-order valence-electron chi connectivity index (χ1n) is 11.6. The van der Waals surface area contributed by atoms with E-state index in [1.165, 1.54) is 11.8 Å². The van der Waals surface area contributed by atoms with Crippen molar-refractivity contribution in [1.82, 2.24) is 9.97 Å². The Balaban J connectivity index is 1.75. The van der Waals surface area contributed by atoms with Gasteiger partial charge in [0.25, 0.3) is 5.56 Å². The monoisotopic (exact) mass is 491 g/mol. The Morgan fingerprint density at radius 2 is 1.83 bits per heavy atom. The van der Waals surface area contributed by atoms with Crippen molar-refractivity contribution >= 4 is 23.5 Å². The summed E-state index contributed by atoms with van der Waals surface area (Å²) < 4.78 is 11.1. The van der Waals surface area contributed by atoms with Crippen molar-refractivity contribution in [3.8, 4) is 5.75 Å². The standard InChI is InChI=1S/C27H29N3O4S/c1-5-33-20-13-11-19(12-14-20)22-21(26(32)34-16(2)3)17(4)28-24-23(22)25(31)30-27(29-24)35-15-18-9-7-6-8-10-18/h6-14,16,22H,5,15H2,1-4H3,(H2,28,29,30,31). The van der Waals surface area contributed by atoms with E-state index in [-0.39, 0.29) is 11.7 Å². The number of nitrogens with one attached hydrogen (secondary N) is 2. The molecule has 3 aromatic rings. The minimum absolute atomic E-state index is 0.292. The predicted molar refractivity (Wildman–Crippen MR) is 138 cm³/mol. The van der Waals surface area contributed by atoms with Crippen LogP contribution in [-0.4, -0.2) is 28.6 Å². The van der Waals surface area contributed by atoms with Crippen molar-refractivity contribution in [2.75, 3.05) is 11.9 Å². The van der Waals surface area contributed by atoms with Gasteiger partial charge in [0, 0.05) is 11.4 Å². The molecule has 1 aliphatic rings. The van der Waals surface area contributed by atoms with E-state index < -0.39 is 11.9 Å². The quantitative estimate of drug-likeness (QED) is 0.253. The average molecular weight is 492 g/mol. The van der Waals surface area contributed by atoms with E-state index in [4.69, 9.17) is 14.5 Å². The number of nitrogens with zero attached hydrogens (tertiary/aromatic N) is 1. The number of allylic oxidation sites excluding steroid dienone is 1. The summed E-state index contributed by atoms with van der Waals surface area (Å²) in [6, 6.07) is 17.4. The highest BCUT2D eigenvalue weighted by atomic mass is 32.2. The van der Waals surface area contributed by atoms with Crippen LogP contribution in [0.4, 0.5) is 5.82 Å². The van der Waals surface area contributed by atoms with E-state index in [2.05, 4.69) is 10.3 Å². The lowest BCUT2D eigenvalue weighted by molar-refractivity contribution is -0.143. The zero-order chi connectivity index (χ0) is 24.9. The van der Waals surface area contributed by atoms with Gasteiger partial charge in [-0.2, -0.15) is 0 Å². The molecule has 1 atom stereocenters. The minimum Gasteiger partial charge on any atom is -0.494 e. The molecule has 1 aliphatic heterocycles. The van der Waals surface area contributed by atoms with Gasteiger partial charge in [0.05, 0.1) is 29.8 Å². The van der Waals surface area contributed by atoms with Gasteiger partial charge < -0.3 is 19.8 Å². The first-order chi connectivity index (χ1) is 16.9. The van der Waals surface area contributed by atoms with Gasteiger partial charge in [-0.3, -0.25) is 4.79 Å². The van der Waals surface area contributed by atoms with Crippen LogP contribution in [-0.2, 0) is 15.3 Å². The Kier molecular flexibility index (Phi) is 7.60. The van der Waals surface area contributed by atoms with Gasteiger partial charge in [-0.25, -0.2) is 9.78 Å². The maximum absolute atomic E-state index is 13.4. The molecule has 8 heteroatoms. The van der Waals surface area contributed by atoms with Crippen LogP contribution >= 0.6 is 11.8 Å². The third-order valence-corrected chi connectivity index (χ3v) is 6.47. The van der Waals surface area contributed by atoms with Crippen molar-refractivity contribution in [2.45, 2.75) is 50.6 Å². The SMILES string of the molecule is CCOc1ccc(C2C(C(=O)OC(C)C)=C(C)Nc3nc(SCc4ccccc4)[nH]c(=O)c32)cc1. The van der Waals surface area contributed by atoms with Crippen LogP contribution in [0.1, 0.15) is 50.3 Å². The first-order valence-corrected chi connectivity index (χ1v) is 12.6. The van der Waals surface area contributed by atoms with Gasteiger partial charge in [-0.1, -0.05) is 54.2 Å². The summed E-state index contributed by atoms with van der Waals surface area (Å²) in [5.41, 5.74) is 3.02. The molecule has 35 heavy (non-hydrogen) atoms. The van der Waals surface area contributed by atoms with Crippen molar-refractivity contribution in [1.29, 1.82) is 0 Å². The number of benzene rings is 2. The lowest BCUT2D eigenvalue weighted by Crippen LogP contribution is -2.31. The molecule has 1 unspecified atom stereocenters. The van der Waals surface area contributed by atoms with Crippen LogP contribution in [0.25, 0.3) is 0 Å². The smallest absolute Gasteiger partial charge is 0.337 e. The summed E-state index contributed by atoms with van der Waals surface area (Å²) in [4.78, 5) is 34.1. The van der Waals surface area contributed by atoms with Crippen LogP contribution in [0.2, 0.25) is 0 Å². The molecule has 2 aromatic carbocycles. The second-order valence-corrected chi connectivity index (χ2v) is 9.42. The summed E-state index contributed by atoms with van der Waals surface area (Å²) in [5, 5.41) is 3.70. The van der Waals surface area contributed by atoms with E-state index in [9.17, 15) is 9.59 Å². The zero-order valence-electron chi connectivity index (χ0n) is 20.3. The van der Waals surface area contributed by atoms with E-state index in [0.717, 1.165) is 16.9 Å². The summed E-state index contributed by atoms with van der Waals surface area (Å²) in [7, 11) is 0. The van der Waals surface area contributed by atoms with Crippen molar-refractivity contribution < 1.29 is 14.3 Å². The first kappa shape index (κ1) is 24.6. The number of H-pyrrole nitrogens is 1. The molecule has 0 radical (unpaired) electrons. The molecule has 0 saturated heterocycles. The highest BCUT2D eigenvalue weighted by molar-refractivity contribution is 7.98. The summed E-state index contributed by atoms with van der Waals surface area (Å²) in [6.45, 7) is 7.87. The topological polar surface area (TPSA) is 93.3 Å². The van der Waals surface area contributed by atoms with Gasteiger partial charge in [0.1, 0.15) is 11.6 Å². The molecule has 2 heterocycles. The summed E-state index contributed by atoms with van der Waals surface area (Å²) >= 11 is 1.45. The normalized spacial score (nSPS) is 14.9. The van der Waals surface area contributed by atoms with E-state index in [1.54, 1.807) is 20.8 Å². The molecule has 2 N–H and O–H groups in total. The van der Waals surface area contributed by atoms with Gasteiger partial charge in [0.15, 0.2) is 5.16 Å². The minimum atomic E-state index is -0.627. The van der Waals surface area contributed by atoms with Crippen molar-refractivity contribution in [2.24, 2.45) is 0 Å². The summed E-state index contributed by atoms with van der Waals surface area (Å²) in [6.07, 6.45) is -0.293. The fourth-order valence-corrected chi connectivity index (χ4v) is 4.85. The number of carbonyl (C=O) groups excluding carboxylic acids is 1. The van der Waals surface area contributed by atoms with Gasteiger partial charge in [0.2, 0.25) is 0 Å². The van der Waals surface area contributed by atoms with Crippen molar-refractivity contribution in [3.63, 3.8) is 0 Å². The zero-order valence-corrected chi connectivity index (χ0v) is 21.1. The molecule has 1 aromatic heterocycles. The second-order valence-electron chi connectivity index (χ2n) is 8.46. The second kappa shape index (κ2) is 10.8. The Hall–Kier alpha value is -3.52. The third kappa shape index (κ3) is 5.59. The van der Waals surface area contributed by atoms with E-state index >= 15 is 0 Å². The molecule has 0 saturated carbocycles. The molecular formula is C27H29N3O4S. The fourth-order valence-electron chi connectivity index (χ4n) is 4.03. The maximum Gasteiger partial charge on any atom is 0.337 e. The molecule has 0 bridgehead atoms. The Morgan fingerprint density at radius 3 is 2.49 bits per heavy atom. The lowest BCUT2D eigenvalue weighted by Gasteiger charge is -2.29. The molecule has 0 aliphatic carbocycles.